The average molecular weight is 577 g/mol. The van der Waals surface area contributed by atoms with Crippen molar-refractivity contribution in [3.63, 3.8) is 0 Å². The Bertz CT molecular complexity index is 1540. The van der Waals surface area contributed by atoms with Crippen molar-refractivity contribution in [2.45, 2.75) is 38.9 Å². The number of halogens is 5. The topological polar surface area (TPSA) is 95.2 Å². The second kappa shape index (κ2) is 11.3. The molecule has 2 aromatic heterocycles. The van der Waals surface area contributed by atoms with Crippen LogP contribution in [0.2, 0.25) is 5.02 Å². The third-order valence-corrected chi connectivity index (χ3v) is 7.04. The van der Waals surface area contributed by atoms with Gasteiger partial charge in [-0.15, -0.1) is 0 Å². The lowest BCUT2D eigenvalue weighted by atomic mass is 9.98. The van der Waals surface area contributed by atoms with Gasteiger partial charge < -0.3 is 14.5 Å². The van der Waals surface area contributed by atoms with Crippen LogP contribution in [0.4, 0.5) is 23.4 Å². The van der Waals surface area contributed by atoms with Gasteiger partial charge in [-0.2, -0.15) is 28.4 Å². The van der Waals surface area contributed by atoms with E-state index in [1.54, 1.807) is 11.8 Å². The van der Waals surface area contributed by atoms with E-state index < -0.39 is 34.9 Å². The van der Waals surface area contributed by atoms with Crippen molar-refractivity contribution in [2.75, 3.05) is 31.6 Å². The van der Waals surface area contributed by atoms with Gasteiger partial charge in [-0.25, -0.2) is 4.39 Å². The van der Waals surface area contributed by atoms with Gasteiger partial charge in [0, 0.05) is 30.7 Å². The number of aromatic nitrogens is 3. The summed E-state index contributed by atoms with van der Waals surface area (Å²) in [5, 5.41) is 9.14. The molecule has 0 unspecified atom stereocenters. The summed E-state index contributed by atoms with van der Waals surface area (Å²) in [5.74, 6) is -1.24. The number of anilines is 1. The number of alkyl halides is 3. The Morgan fingerprint density at radius 1 is 1.30 bits per heavy atom. The lowest BCUT2D eigenvalue weighted by molar-refractivity contribution is -0.137. The predicted octanol–water partition coefficient (Wildman–Crippen LogP) is 5.50. The summed E-state index contributed by atoms with van der Waals surface area (Å²) in [4.78, 5) is 28.2. The summed E-state index contributed by atoms with van der Waals surface area (Å²) in [5.41, 5.74) is -2.33. The van der Waals surface area contributed by atoms with Crippen LogP contribution in [-0.4, -0.2) is 58.5 Å². The predicted molar refractivity (Wildman–Crippen MR) is 142 cm³/mol. The minimum absolute atomic E-state index is 0.0223. The molecule has 0 radical (unpaired) electrons. The van der Waals surface area contributed by atoms with Crippen molar-refractivity contribution >= 4 is 34.2 Å². The van der Waals surface area contributed by atoms with E-state index >= 15 is 4.39 Å². The number of nitriles is 1. The maximum absolute atomic E-state index is 16.3. The van der Waals surface area contributed by atoms with Crippen molar-refractivity contribution in [3.8, 4) is 23.3 Å². The molecule has 13 heteroatoms. The fourth-order valence-electron chi connectivity index (χ4n) is 4.90. The van der Waals surface area contributed by atoms with E-state index in [0.29, 0.717) is 12.1 Å². The summed E-state index contributed by atoms with van der Waals surface area (Å²) in [6, 6.07) is 3.94. The SMILES string of the molecule is C=CC(=O)N1CCN(c2nc(OC)nc3c(F)c(-c4nc(CC)cc(C)c4C(F)(F)F)c(Cl)cc23)C[C@@H]1CC#N. The highest BCUT2D eigenvalue weighted by Gasteiger charge is 2.39. The number of carbonyl (C=O) groups is 1. The van der Waals surface area contributed by atoms with E-state index in [9.17, 15) is 23.2 Å². The summed E-state index contributed by atoms with van der Waals surface area (Å²) in [6.07, 6.45) is -3.31. The van der Waals surface area contributed by atoms with Gasteiger partial charge in [0.25, 0.3) is 0 Å². The van der Waals surface area contributed by atoms with Crippen molar-refractivity contribution in [1.82, 2.24) is 19.9 Å². The molecule has 3 heterocycles. The van der Waals surface area contributed by atoms with Crippen LogP contribution in [0, 0.1) is 24.1 Å². The molecule has 1 fully saturated rings. The number of carbonyl (C=O) groups excluding carboxylic acids is 1. The number of hydrogen-bond donors (Lipinski definition) is 0. The summed E-state index contributed by atoms with van der Waals surface area (Å²) in [6.45, 7) is 7.17. The molecule has 1 amide bonds. The monoisotopic (exact) mass is 576 g/mol. The summed E-state index contributed by atoms with van der Waals surface area (Å²) >= 11 is 6.50. The maximum Gasteiger partial charge on any atom is 0.418 e. The number of aryl methyl sites for hydroxylation is 2. The van der Waals surface area contributed by atoms with E-state index in [-0.39, 0.29) is 65.3 Å². The molecule has 0 bridgehead atoms. The number of hydrogen-bond acceptors (Lipinski definition) is 7. The zero-order valence-electron chi connectivity index (χ0n) is 21.9. The molecule has 1 aliphatic rings. The molecule has 0 saturated carbocycles. The highest BCUT2D eigenvalue weighted by atomic mass is 35.5. The average Bonchev–Trinajstić information content (AvgIpc) is 2.91. The smallest absolute Gasteiger partial charge is 0.418 e. The van der Waals surface area contributed by atoms with Crippen LogP contribution in [0.1, 0.15) is 30.2 Å². The number of nitrogens with zero attached hydrogens (tertiary/aromatic N) is 6. The third kappa shape index (κ3) is 5.25. The van der Waals surface area contributed by atoms with E-state index in [2.05, 4.69) is 27.6 Å². The van der Waals surface area contributed by atoms with Gasteiger partial charge >= 0.3 is 12.2 Å². The Balaban J connectivity index is 1.94. The number of fused-ring (bicyclic) bond motifs is 1. The Kier molecular flexibility index (Phi) is 8.16. The molecule has 4 rings (SSSR count). The number of pyridine rings is 1. The second-order valence-electron chi connectivity index (χ2n) is 9.18. The molecule has 8 nitrogen and oxygen atoms in total. The zero-order valence-corrected chi connectivity index (χ0v) is 22.7. The minimum atomic E-state index is -4.82. The van der Waals surface area contributed by atoms with E-state index in [4.69, 9.17) is 16.3 Å². The van der Waals surface area contributed by atoms with Gasteiger partial charge in [0.1, 0.15) is 11.3 Å². The Labute approximate surface area is 232 Å². The Hall–Kier alpha value is -3.98. The minimum Gasteiger partial charge on any atom is -0.467 e. The maximum atomic E-state index is 16.3. The number of ether oxygens (including phenoxy) is 1. The summed E-state index contributed by atoms with van der Waals surface area (Å²) < 4.78 is 63.9. The Morgan fingerprint density at radius 3 is 2.62 bits per heavy atom. The van der Waals surface area contributed by atoms with Crippen LogP contribution in [0.5, 0.6) is 6.01 Å². The number of rotatable bonds is 6. The molecule has 1 saturated heterocycles. The molecular weight excluding hydrogens is 552 g/mol. The molecule has 0 aliphatic carbocycles. The number of piperazine rings is 1. The van der Waals surface area contributed by atoms with Gasteiger partial charge in [0.05, 0.1) is 47.5 Å². The molecular formula is C27H25ClF4N6O2. The first-order chi connectivity index (χ1) is 18.9. The highest BCUT2D eigenvalue weighted by Crippen LogP contribution is 2.44. The van der Waals surface area contributed by atoms with Crippen LogP contribution < -0.4 is 9.64 Å². The van der Waals surface area contributed by atoms with Gasteiger partial charge in [-0.3, -0.25) is 9.78 Å². The molecule has 1 atom stereocenters. The van der Waals surface area contributed by atoms with E-state index in [0.717, 1.165) is 6.08 Å². The zero-order chi connectivity index (χ0) is 29.4. The van der Waals surface area contributed by atoms with Crippen LogP contribution in [0.15, 0.2) is 24.8 Å². The first kappa shape index (κ1) is 29.0. The molecule has 1 aliphatic heterocycles. The molecule has 40 heavy (non-hydrogen) atoms. The lowest BCUT2D eigenvalue weighted by Crippen LogP contribution is -2.55. The van der Waals surface area contributed by atoms with Gasteiger partial charge in [0.15, 0.2) is 5.82 Å². The number of benzene rings is 1. The fraction of sp³-hybridized carbons (Fsp3) is 0.370. The molecule has 0 spiro atoms. The van der Waals surface area contributed by atoms with Crippen LogP contribution >= 0.6 is 11.6 Å². The van der Waals surface area contributed by atoms with E-state index in [1.165, 1.54) is 31.1 Å². The van der Waals surface area contributed by atoms with E-state index in [1.807, 2.05) is 0 Å². The van der Waals surface area contributed by atoms with Crippen molar-refractivity contribution in [1.29, 1.82) is 5.26 Å². The van der Waals surface area contributed by atoms with Crippen molar-refractivity contribution in [2.24, 2.45) is 0 Å². The van der Waals surface area contributed by atoms with Crippen LogP contribution in [0.25, 0.3) is 22.2 Å². The summed E-state index contributed by atoms with van der Waals surface area (Å²) in [7, 11) is 1.27. The molecule has 210 valence electrons. The Morgan fingerprint density at radius 2 is 2.02 bits per heavy atom. The van der Waals surface area contributed by atoms with Gasteiger partial charge in [0.2, 0.25) is 5.91 Å². The number of methoxy groups -OCH3 is 1. The first-order valence-electron chi connectivity index (χ1n) is 12.3. The van der Waals surface area contributed by atoms with Gasteiger partial charge in [-0.1, -0.05) is 25.1 Å². The van der Waals surface area contributed by atoms with Crippen molar-refractivity contribution < 1.29 is 27.1 Å². The molecule has 1 aromatic carbocycles. The lowest BCUT2D eigenvalue weighted by Gasteiger charge is -2.41. The van der Waals surface area contributed by atoms with Crippen molar-refractivity contribution in [3.05, 3.63) is 52.4 Å². The van der Waals surface area contributed by atoms with Gasteiger partial charge in [-0.05, 0) is 37.1 Å². The van der Waals surface area contributed by atoms with Crippen LogP contribution in [0.3, 0.4) is 0 Å². The first-order valence-corrected chi connectivity index (χ1v) is 12.7. The van der Waals surface area contributed by atoms with Crippen LogP contribution in [-0.2, 0) is 17.4 Å². The number of amides is 1. The standard InChI is InChI=1S/C27H25ClF4N6O2/c1-5-15-11-14(3)21(27(30,31)32)24(34-15)20-18(28)12-17-23(22(20)29)35-26(40-4)36-25(17)37-9-10-38(19(39)6-2)16(13-37)7-8-33/h6,11-12,16H,2,5,7,9-10,13H2,1,3-4H3/t16-/m0/s1. The normalized spacial score (nSPS) is 15.7. The quantitative estimate of drug-likeness (QED) is 0.282. The molecule has 3 aromatic rings. The molecule has 0 N–H and O–H groups in total. The second-order valence-corrected chi connectivity index (χ2v) is 9.59. The highest BCUT2D eigenvalue weighted by molar-refractivity contribution is 6.34. The third-order valence-electron chi connectivity index (χ3n) is 6.74. The largest absolute Gasteiger partial charge is 0.467 e. The fourth-order valence-corrected chi connectivity index (χ4v) is 5.19.